The zero-order valence-corrected chi connectivity index (χ0v) is 16.9. The number of rotatable bonds is 9. The predicted octanol–water partition coefficient (Wildman–Crippen LogP) is 3.27. The Hall–Kier alpha value is -4.07. The quantitative estimate of drug-likeness (QED) is 0.325. The Bertz CT molecular complexity index is 1060. The number of imide groups is 1. The van der Waals surface area contributed by atoms with Crippen molar-refractivity contribution >= 4 is 24.0 Å². The third-order valence-electron chi connectivity index (χ3n) is 4.43. The number of urea groups is 1. The minimum absolute atomic E-state index is 0.143. The third-order valence-corrected chi connectivity index (χ3v) is 4.43. The minimum Gasteiger partial charge on any atom is -0.490 e. The van der Waals surface area contributed by atoms with E-state index in [1.807, 2.05) is 13.0 Å². The molecule has 31 heavy (non-hydrogen) atoms. The first-order chi connectivity index (χ1) is 14.9. The monoisotopic (exact) mass is 422 g/mol. The molecule has 0 unspecified atom stereocenters. The van der Waals surface area contributed by atoms with Crippen LogP contribution in [0.2, 0.25) is 0 Å². The van der Waals surface area contributed by atoms with E-state index in [-0.39, 0.29) is 17.9 Å². The lowest BCUT2D eigenvalue weighted by atomic mass is 10.0. The van der Waals surface area contributed by atoms with Crippen LogP contribution in [0.4, 0.5) is 4.79 Å². The van der Waals surface area contributed by atoms with Gasteiger partial charge in [0.1, 0.15) is 12.3 Å². The molecule has 1 aliphatic heterocycles. The van der Waals surface area contributed by atoms with Crippen molar-refractivity contribution in [2.45, 2.75) is 20.0 Å². The molecule has 3 amide bonds. The molecule has 160 valence electrons. The van der Waals surface area contributed by atoms with Gasteiger partial charge in [-0.1, -0.05) is 18.2 Å². The number of carboxylic acids is 1. The Balaban J connectivity index is 1.91. The summed E-state index contributed by atoms with van der Waals surface area (Å²) in [6.45, 7) is 6.24. The zero-order chi connectivity index (χ0) is 22.4. The second kappa shape index (κ2) is 9.62. The lowest BCUT2D eigenvalue weighted by Crippen LogP contribution is -2.22. The summed E-state index contributed by atoms with van der Waals surface area (Å²) < 4.78 is 11.8. The summed E-state index contributed by atoms with van der Waals surface area (Å²) in [7, 11) is 0. The number of benzene rings is 2. The fourth-order valence-electron chi connectivity index (χ4n) is 3.05. The van der Waals surface area contributed by atoms with E-state index < -0.39 is 17.9 Å². The van der Waals surface area contributed by atoms with Gasteiger partial charge in [-0.25, -0.2) is 9.59 Å². The van der Waals surface area contributed by atoms with Crippen LogP contribution in [0.1, 0.15) is 34.0 Å². The molecule has 0 spiro atoms. The molecule has 1 fully saturated rings. The van der Waals surface area contributed by atoms with Gasteiger partial charge in [-0.3, -0.25) is 10.1 Å². The number of hydrogen-bond donors (Lipinski definition) is 3. The fourth-order valence-corrected chi connectivity index (χ4v) is 3.05. The highest BCUT2D eigenvalue weighted by atomic mass is 16.5. The molecule has 0 radical (unpaired) electrons. The molecule has 2 aromatic rings. The summed E-state index contributed by atoms with van der Waals surface area (Å²) in [5.74, 6) is -0.471. The number of allylic oxidation sites excluding steroid dienone is 1. The number of nitrogens with one attached hydrogen (secondary N) is 2. The summed E-state index contributed by atoms with van der Waals surface area (Å²) in [6.07, 6.45) is 3.77. The van der Waals surface area contributed by atoms with Crippen LogP contribution >= 0.6 is 0 Å². The van der Waals surface area contributed by atoms with Crippen LogP contribution in [-0.4, -0.2) is 29.6 Å². The second-order valence-corrected chi connectivity index (χ2v) is 6.69. The highest BCUT2D eigenvalue weighted by molar-refractivity contribution is 6.14. The number of carboxylic acid groups (broad SMARTS) is 1. The molecule has 8 heteroatoms. The zero-order valence-electron chi connectivity index (χ0n) is 16.9. The summed E-state index contributed by atoms with van der Waals surface area (Å²) in [5, 5.41) is 13.6. The van der Waals surface area contributed by atoms with Gasteiger partial charge in [0.05, 0.1) is 12.2 Å². The van der Waals surface area contributed by atoms with Crippen molar-refractivity contribution in [1.29, 1.82) is 0 Å². The van der Waals surface area contributed by atoms with E-state index in [1.165, 1.54) is 12.1 Å². The molecule has 2 aromatic carbocycles. The Morgan fingerprint density at radius 2 is 1.87 bits per heavy atom. The van der Waals surface area contributed by atoms with Crippen molar-refractivity contribution in [2.75, 3.05) is 6.61 Å². The maximum Gasteiger partial charge on any atom is 0.335 e. The van der Waals surface area contributed by atoms with Crippen LogP contribution in [0, 0.1) is 0 Å². The smallest absolute Gasteiger partial charge is 0.335 e. The van der Waals surface area contributed by atoms with Gasteiger partial charge in [0, 0.05) is 5.56 Å². The molecule has 1 aliphatic rings. The van der Waals surface area contributed by atoms with Crippen LogP contribution < -0.4 is 20.1 Å². The predicted molar refractivity (Wildman–Crippen MR) is 114 cm³/mol. The molecule has 8 nitrogen and oxygen atoms in total. The van der Waals surface area contributed by atoms with E-state index in [0.29, 0.717) is 30.1 Å². The minimum atomic E-state index is -0.990. The summed E-state index contributed by atoms with van der Waals surface area (Å²) >= 11 is 0. The normalized spacial score (nSPS) is 14.2. The van der Waals surface area contributed by atoms with Gasteiger partial charge in [-0.15, -0.1) is 6.58 Å². The lowest BCUT2D eigenvalue weighted by Gasteiger charge is -2.17. The van der Waals surface area contributed by atoms with E-state index in [9.17, 15) is 14.4 Å². The molecular weight excluding hydrogens is 400 g/mol. The van der Waals surface area contributed by atoms with Crippen molar-refractivity contribution in [3.8, 4) is 11.5 Å². The largest absolute Gasteiger partial charge is 0.490 e. The molecule has 0 aliphatic carbocycles. The van der Waals surface area contributed by atoms with Gasteiger partial charge in [0.25, 0.3) is 5.91 Å². The SMILES string of the molecule is C=CCc1cc(C=C2NC(=O)NC2=O)cc(OCC)c1OCc1ccc(C(=O)O)cc1. The van der Waals surface area contributed by atoms with Gasteiger partial charge < -0.3 is 19.9 Å². The summed E-state index contributed by atoms with van der Waals surface area (Å²) in [5.41, 5.74) is 2.59. The van der Waals surface area contributed by atoms with Crippen LogP contribution in [0.3, 0.4) is 0 Å². The Morgan fingerprint density at radius 3 is 2.45 bits per heavy atom. The first kappa shape index (κ1) is 21.6. The van der Waals surface area contributed by atoms with E-state index in [4.69, 9.17) is 14.6 Å². The molecule has 0 aromatic heterocycles. The van der Waals surface area contributed by atoms with Crippen molar-refractivity contribution in [2.24, 2.45) is 0 Å². The lowest BCUT2D eigenvalue weighted by molar-refractivity contribution is -0.115. The summed E-state index contributed by atoms with van der Waals surface area (Å²) in [6, 6.07) is 9.41. The maximum atomic E-state index is 11.8. The van der Waals surface area contributed by atoms with E-state index in [0.717, 1.165) is 11.1 Å². The number of carbonyl (C=O) groups is 3. The second-order valence-electron chi connectivity index (χ2n) is 6.69. The van der Waals surface area contributed by atoms with Crippen molar-refractivity contribution in [3.05, 3.63) is 77.0 Å². The first-order valence-electron chi connectivity index (χ1n) is 9.61. The van der Waals surface area contributed by atoms with Crippen molar-refractivity contribution in [1.82, 2.24) is 10.6 Å². The average molecular weight is 422 g/mol. The molecule has 0 atom stereocenters. The average Bonchev–Trinajstić information content (AvgIpc) is 3.04. The van der Waals surface area contributed by atoms with Crippen LogP contribution in [0.15, 0.2) is 54.8 Å². The molecule has 0 bridgehead atoms. The third kappa shape index (κ3) is 5.30. The molecular formula is C23H22N2O6. The maximum absolute atomic E-state index is 11.8. The van der Waals surface area contributed by atoms with Crippen LogP contribution in [0.5, 0.6) is 11.5 Å². The van der Waals surface area contributed by atoms with Gasteiger partial charge in [-0.05, 0) is 54.8 Å². The first-order valence-corrected chi connectivity index (χ1v) is 9.61. The van der Waals surface area contributed by atoms with Crippen molar-refractivity contribution in [3.63, 3.8) is 0 Å². The Kier molecular flexibility index (Phi) is 6.71. The fraction of sp³-hybridized carbons (Fsp3) is 0.174. The van der Waals surface area contributed by atoms with Gasteiger partial charge in [-0.2, -0.15) is 0 Å². The number of carbonyl (C=O) groups excluding carboxylic acids is 2. The Morgan fingerprint density at radius 1 is 1.13 bits per heavy atom. The highest BCUT2D eigenvalue weighted by Gasteiger charge is 2.23. The topological polar surface area (TPSA) is 114 Å². The molecule has 3 rings (SSSR count). The standard InChI is InChI=1S/C23H22N2O6/c1-3-5-17-10-15(11-18-21(26)25-23(29)24-18)12-19(30-4-2)20(17)31-13-14-6-8-16(9-7-14)22(27)28/h3,6-12H,1,4-5,13H2,2H3,(H,27,28)(H2,24,25,26,29). The van der Waals surface area contributed by atoms with Gasteiger partial charge >= 0.3 is 12.0 Å². The number of hydrogen-bond acceptors (Lipinski definition) is 5. The van der Waals surface area contributed by atoms with E-state index in [2.05, 4.69) is 17.2 Å². The summed E-state index contributed by atoms with van der Waals surface area (Å²) in [4.78, 5) is 34.2. The van der Waals surface area contributed by atoms with Crippen molar-refractivity contribution < 1.29 is 29.0 Å². The molecule has 1 saturated heterocycles. The molecule has 1 heterocycles. The van der Waals surface area contributed by atoms with E-state index in [1.54, 1.807) is 30.4 Å². The van der Waals surface area contributed by atoms with Gasteiger partial charge in [0.15, 0.2) is 11.5 Å². The molecule has 3 N–H and O–H groups in total. The number of amides is 3. The van der Waals surface area contributed by atoms with Gasteiger partial charge in [0.2, 0.25) is 0 Å². The Labute approximate surface area is 179 Å². The van der Waals surface area contributed by atoms with Crippen LogP contribution in [-0.2, 0) is 17.8 Å². The highest BCUT2D eigenvalue weighted by Crippen LogP contribution is 2.35. The molecule has 0 saturated carbocycles. The number of ether oxygens (including phenoxy) is 2. The van der Waals surface area contributed by atoms with E-state index >= 15 is 0 Å². The van der Waals surface area contributed by atoms with Crippen LogP contribution in [0.25, 0.3) is 6.08 Å². The number of aromatic carboxylic acids is 1.